The SMILES string of the molecule is C[C@H]1CCC=CC2=CCC[C@@H]21. The maximum Gasteiger partial charge on any atom is -0.0136 e. The Kier molecular flexibility index (Phi) is 1.85. The van der Waals surface area contributed by atoms with Crippen molar-refractivity contribution in [2.45, 2.75) is 32.6 Å². The van der Waals surface area contributed by atoms with E-state index >= 15 is 0 Å². The highest BCUT2D eigenvalue weighted by molar-refractivity contribution is 5.27. The molecule has 0 fully saturated rings. The van der Waals surface area contributed by atoms with Gasteiger partial charge in [0.1, 0.15) is 0 Å². The van der Waals surface area contributed by atoms with E-state index in [0.29, 0.717) is 0 Å². The van der Waals surface area contributed by atoms with Crippen LogP contribution in [0.15, 0.2) is 23.8 Å². The molecule has 0 radical (unpaired) electrons. The monoisotopic (exact) mass is 148 g/mol. The first-order chi connectivity index (χ1) is 5.38. The minimum atomic E-state index is 0.897. The quantitative estimate of drug-likeness (QED) is 0.494. The molecule has 2 aliphatic carbocycles. The lowest BCUT2D eigenvalue weighted by Gasteiger charge is -2.18. The van der Waals surface area contributed by atoms with E-state index in [0.717, 1.165) is 11.8 Å². The summed E-state index contributed by atoms with van der Waals surface area (Å²) < 4.78 is 0. The van der Waals surface area contributed by atoms with Crippen molar-refractivity contribution in [3.05, 3.63) is 23.8 Å². The maximum absolute atomic E-state index is 2.42. The molecule has 11 heavy (non-hydrogen) atoms. The van der Waals surface area contributed by atoms with Crippen LogP contribution in [0.25, 0.3) is 0 Å². The molecule has 2 atom stereocenters. The van der Waals surface area contributed by atoms with Crippen LogP contribution in [0.5, 0.6) is 0 Å². The summed E-state index contributed by atoms with van der Waals surface area (Å²) in [6, 6.07) is 0. The number of allylic oxidation sites excluding steroid dienone is 4. The zero-order valence-electron chi connectivity index (χ0n) is 7.22. The Bertz CT molecular complexity index is 198. The number of hydrogen-bond acceptors (Lipinski definition) is 0. The molecular formula is C11H16. The lowest BCUT2D eigenvalue weighted by Crippen LogP contribution is -2.08. The van der Waals surface area contributed by atoms with Crippen LogP contribution in [-0.4, -0.2) is 0 Å². The summed E-state index contributed by atoms with van der Waals surface area (Å²) in [6.45, 7) is 2.40. The third-order valence-corrected chi connectivity index (χ3v) is 3.07. The van der Waals surface area contributed by atoms with Crippen LogP contribution in [-0.2, 0) is 0 Å². The van der Waals surface area contributed by atoms with Crippen molar-refractivity contribution in [2.24, 2.45) is 11.8 Å². The van der Waals surface area contributed by atoms with Gasteiger partial charge in [-0.15, -0.1) is 0 Å². The van der Waals surface area contributed by atoms with Crippen molar-refractivity contribution in [3.8, 4) is 0 Å². The van der Waals surface area contributed by atoms with Gasteiger partial charge in [-0.3, -0.25) is 0 Å². The summed E-state index contributed by atoms with van der Waals surface area (Å²) in [5.74, 6) is 1.81. The molecule has 0 amide bonds. The van der Waals surface area contributed by atoms with E-state index in [1.54, 1.807) is 5.57 Å². The summed E-state index contributed by atoms with van der Waals surface area (Å²) in [5, 5.41) is 0. The van der Waals surface area contributed by atoms with Crippen LogP contribution in [0.2, 0.25) is 0 Å². The number of fused-ring (bicyclic) bond motifs is 1. The highest BCUT2D eigenvalue weighted by Crippen LogP contribution is 2.36. The standard InChI is InChI=1S/C11H16/c1-9-5-2-3-6-10-7-4-8-11(9)10/h3,6-7,9,11H,2,4-5,8H2,1H3/t9-,11+/m0/s1. The van der Waals surface area contributed by atoms with Gasteiger partial charge in [0.05, 0.1) is 0 Å². The first-order valence-electron chi connectivity index (χ1n) is 4.74. The molecule has 0 bridgehead atoms. The largest absolute Gasteiger partial charge is 0.0843 e. The summed E-state index contributed by atoms with van der Waals surface area (Å²) in [5.41, 5.74) is 1.62. The van der Waals surface area contributed by atoms with Gasteiger partial charge in [0, 0.05) is 0 Å². The van der Waals surface area contributed by atoms with Gasteiger partial charge in [-0.1, -0.05) is 25.2 Å². The summed E-state index contributed by atoms with van der Waals surface area (Å²) in [6.07, 6.45) is 12.5. The van der Waals surface area contributed by atoms with Crippen molar-refractivity contribution in [1.29, 1.82) is 0 Å². The molecule has 0 unspecified atom stereocenters. The molecular weight excluding hydrogens is 132 g/mol. The fraction of sp³-hybridized carbons (Fsp3) is 0.636. The second-order valence-electron chi connectivity index (χ2n) is 3.84. The first-order valence-corrected chi connectivity index (χ1v) is 4.74. The minimum absolute atomic E-state index is 0.897. The third-order valence-electron chi connectivity index (χ3n) is 3.07. The van der Waals surface area contributed by atoms with Crippen molar-refractivity contribution < 1.29 is 0 Å². The Morgan fingerprint density at radius 3 is 3.09 bits per heavy atom. The van der Waals surface area contributed by atoms with Crippen molar-refractivity contribution in [1.82, 2.24) is 0 Å². The molecule has 2 aliphatic rings. The fourth-order valence-electron chi connectivity index (χ4n) is 2.33. The average Bonchev–Trinajstić information content (AvgIpc) is 2.40. The Morgan fingerprint density at radius 1 is 1.27 bits per heavy atom. The smallest absolute Gasteiger partial charge is 0.0136 e. The van der Waals surface area contributed by atoms with Gasteiger partial charge >= 0.3 is 0 Å². The van der Waals surface area contributed by atoms with Crippen LogP contribution in [0.4, 0.5) is 0 Å². The molecule has 0 N–H and O–H groups in total. The molecule has 0 aromatic rings. The normalized spacial score (nSPS) is 36.3. The Hall–Kier alpha value is -0.520. The molecule has 0 aliphatic heterocycles. The van der Waals surface area contributed by atoms with E-state index in [-0.39, 0.29) is 0 Å². The van der Waals surface area contributed by atoms with Gasteiger partial charge in [-0.2, -0.15) is 0 Å². The Morgan fingerprint density at radius 2 is 2.18 bits per heavy atom. The molecule has 0 aromatic heterocycles. The zero-order valence-corrected chi connectivity index (χ0v) is 7.22. The van der Waals surface area contributed by atoms with Gasteiger partial charge in [0.25, 0.3) is 0 Å². The Balaban J connectivity index is 2.21. The van der Waals surface area contributed by atoms with Gasteiger partial charge in [-0.05, 0) is 43.1 Å². The van der Waals surface area contributed by atoms with Crippen LogP contribution >= 0.6 is 0 Å². The highest BCUT2D eigenvalue weighted by Gasteiger charge is 2.24. The summed E-state index contributed by atoms with van der Waals surface area (Å²) in [4.78, 5) is 0. The van der Waals surface area contributed by atoms with Gasteiger partial charge in [0.2, 0.25) is 0 Å². The predicted octanol–water partition coefficient (Wildman–Crippen LogP) is 3.31. The third kappa shape index (κ3) is 1.26. The maximum atomic E-state index is 2.42. The van der Waals surface area contributed by atoms with Gasteiger partial charge < -0.3 is 0 Å². The molecule has 0 saturated heterocycles. The van der Waals surface area contributed by atoms with Crippen LogP contribution in [0.1, 0.15) is 32.6 Å². The fourth-order valence-corrected chi connectivity index (χ4v) is 2.33. The summed E-state index contributed by atoms with van der Waals surface area (Å²) >= 11 is 0. The summed E-state index contributed by atoms with van der Waals surface area (Å²) in [7, 11) is 0. The molecule has 0 heteroatoms. The molecule has 2 rings (SSSR count). The Labute approximate surface area is 69.0 Å². The van der Waals surface area contributed by atoms with E-state index < -0.39 is 0 Å². The molecule has 0 saturated carbocycles. The van der Waals surface area contributed by atoms with E-state index in [1.807, 2.05) is 0 Å². The average molecular weight is 148 g/mol. The number of hydrogen-bond donors (Lipinski definition) is 0. The van der Waals surface area contributed by atoms with Crippen LogP contribution < -0.4 is 0 Å². The zero-order chi connectivity index (χ0) is 7.68. The molecule has 0 nitrogen and oxygen atoms in total. The molecule has 0 aromatic carbocycles. The van der Waals surface area contributed by atoms with Gasteiger partial charge in [-0.25, -0.2) is 0 Å². The predicted molar refractivity (Wildman–Crippen MR) is 48.3 cm³/mol. The first kappa shape index (κ1) is 7.15. The highest BCUT2D eigenvalue weighted by atomic mass is 14.3. The molecule has 0 heterocycles. The van der Waals surface area contributed by atoms with E-state index in [9.17, 15) is 0 Å². The number of rotatable bonds is 0. The topological polar surface area (TPSA) is 0 Å². The molecule has 60 valence electrons. The van der Waals surface area contributed by atoms with Crippen molar-refractivity contribution in [2.75, 3.05) is 0 Å². The lowest BCUT2D eigenvalue weighted by atomic mass is 9.87. The lowest BCUT2D eigenvalue weighted by molar-refractivity contribution is 0.395. The van der Waals surface area contributed by atoms with Crippen molar-refractivity contribution >= 4 is 0 Å². The van der Waals surface area contributed by atoms with Gasteiger partial charge in [0.15, 0.2) is 0 Å². The second kappa shape index (κ2) is 2.84. The minimum Gasteiger partial charge on any atom is -0.0843 e. The molecule has 0 spiro atoms. The van der Waals surface area contributed by atoms with Crippen LogP contribution in [0.3, 0.4) is 0 Å². The second-order valence-corrected chi connectivity index (χ2v) is 3.84. The van der Waals surface area contributed by atoms with E-state index in [4.69, 9.17) is 0 Å². The van der Waals surface area contributed by atoms with E-state index in [2.05, 4.69) is 25.2 Å². The van der Waals surface area contributed by atoms with Crippen LogP contribution in [0, 0.1) is 11.8 Å². The van der Waals surface area contributed by atoms with E-state index in [1.165, 1.54) is 25.7 Å². The van der Waals surface area contributed by atoms with Crippen molar-refractivity contribution in [3.63, 3.8) is 0 Å².